The molecular weight excluding hydrogens is 138 g/mol. The summed E-state index contributed by atoms with van der Waals surface area (Å²) in [7, 11) is 0. The van der Waals surface area contributed by atoms with E-state index in [4.69, 9.17) is 0 Å². The summed E-state index contributed by atoms with van der Waals surface area (Å²) < 4.78 is 0. The smallest absolute Gasteiger partial charge is 0.141 e. The molecule has 0 saturated carbocycles. The van der Waals surface area contributed by atoms with Gasteiger partial charge in [0.1, 0.15) is 5.78 Å². The van der Waals surface area contributed by atoms with Crippen molar-refractivity contribution in [3.63, 3.8) is 0 Å². The SMILES string of the molecule is C=C(C)CC(=O)C1CCNC1. The van der Waals surface area contributed by atoms with E-state index in [1.54, 1.807) is 0 Å². The van der Waals surface area contributed by atoms with E-state index in [2.05, 4.69) is 11.9 Å². The fraction of sp³-hybridized carbons (Fsp3) is 0.667. The van der Waals surface area contributed by atoms with Crippen molar-refractivity contribution in [2.75, 3.05) is 13.1 Å². The fourth-order valence-electron chi connectivity index (χ4n) is 1.37. The molecule has 1 saturated heterocycles. The highest BCUT2D eigenvalue weighted by molar-refractivity contribution is 5.83. The molecule has 0 aromatic carbocycles. The summed E-state index contributed by atoms with van der Waals surface area (Å²) in [5, 5.41) is 3.18. The van der Waals surface area contributed by atoms with Gasteiger partial charge < -0.3 is 5.32 Å². The first-order chi connectivity index (χ1) is 5.20. The van der Waals surface area contributed by atoms with Crippen LogP contribution in [0.25, 0.3) is 0 Å². The van der Waals surface area contributed by atoms with Crippen LogP contribution in [0.2, 0.25) is 0 Å². The van der Waals surface area contributed by atoms with Crippen LogP contribution in [0.15, 0.2) is 12.2 Å². The summed E-state index contributed by atoms with van der Waals surface area (Å²) in [5.41, 5.74) is 0.974. The van der Waals surface area contributed by atoms with E-state index in [-0.39, 0.29) is 5.92 Å². The molecule has 11 heavy (non-hydrogen) atoms. The number of Topliss-reactive ketones (excluding diaryl/α,β-unsaturated/α-hetero) is 1. The summed E-state index contributed by atoms with van der Waals surface area (Å²) in [6, 6.07) is 0. The first-order valence-corrected chi connectivity index (χ1v) is 4.08. The van der Waals surface area contributed by atoms with Gasteiger partial charge in [0.15, 0.2) is 0 Å². The Morgan fingerprint density at radius 3 is 2.91 bits per heavy atom. The average Bonchev–Trinajstić information content (AvgIpc) is 2.35. The fourth-order valence-corrected chi connectivity index (χ4v) is 1.37. The van der Waals surface area contributed by atoms with E-state index < -0.39 is 0 Å². The van der Waals surface area contributed by atoms with Crippen LogP contribution in [0, 0.1) is 5.92 Å². The zero-order valence-corrected chi connectivity index (χ0v) is 7.02. The van der Waals surface area contributed by atoms with Crippen LogP contribution in [-0.4, -0.2) is 18.9 Å². The molecule has 2 heteroatoms. The van der Waals surface area contributed by atoms with E-state index in [0.717, 1.165) is 25.1 Å². The third-order valence-corrected chi connectivity index (χ3v) is 1.99. The number of allylic oxidation sites excluding steroid dienone is 1. The molecule has 1 fully saturated rings. The molecule has 2 nitrogen and oxygen atoms in total. The molecule has 0 bridgehead atoms. The lowest BCUT2D eigenvalue weighted by molar-refractivity contribution is -0.121. The molecular formula is C9H15NO. The Bertz CT molecular complexity index is 168. The Morgan fingerprint density at radius 2 is 2.45 bits per heavy atom. The molecule has 0 amide bonds. The van der Waals surface area contributed by atoms with E-state index in [9.17, 15) is 4.79 Å². The molecule has 1 atom stereocenters. The maximum Gasteiger partial charge on any atom is 0.141 e. The molecule has 62 valence electrons. The number of ketones is 1. The van der Waals surface area contributed by atoms with E-state index in [0.29, 0.717) is 12.2 Å². The predicted molar refractivity (Wildman–Crippen MR) is 45.4 cm³/mol. The molecule has 1 unspecified atom stereocenters. The minimum Gasteiger partial charge on any atom is -0.316 e. The molecule has 1 rings (SSSR count). The lowest BCUT2D eigenvalue weighted by Gasteiger charge is -2.05. The second-order valence-electron chi connectivity index (χ2n) is 3.29. The topological polar surface area (TPSA) is 29.1 Å². The van der Waals surface area contributed by atoms with Crippen LogP contribution in [0.5, 0.6) is 0 Å². The minimum atomic E-state index is 0.256. The third kappa shape index (κ3) is 2.46. The summed E-state index contributed by atoms with van der Waals surface area (Å²) in [5.74, 6) is 0.606. The summed E-state index contributed by atoms with van der Waals surface area (Å²) in [6.45, 7) is 7.49. The van der Waals surface area contributed by atoms with Crippen molar-refractivity contribution in [2.24, 2.45) is 5.92 Å². The van der Waals surface area contributed by atoms with Crippen LogP contribution in [0.3, 0.4) is 0 Å². The van der Waals surface area contributed by atoms with Crippen molar-refractivity contribution < 1.29 is 4.79 Å². The molecule has 1 aliphatic heterocycles. The van der Waals surface area contributed by atoms with E-state index in [1.807, 2.05) is 6.92 Å². The number of nitrogens with one attached hydrogen (secondary N) is 1. The first kappa shape index (κ1) is 8.47. The minimum absolute atomic E-state index is 0.256. The molecule has 1 N–H and O–H groups in total. The number of carbonyl (C=O) groups excluding carboxylic acids is 1. The Balaban J connectivity index is 2.34. The predicted octanol–water partition coefficient (Wildman–Crippen LogP) is 1.13. The zero-order valence-electron chi connectivity index (χ0n) is 7.02. The van der Waals surface area contributed by atoms with Gasteiger partial charge in [-0.2, -0.15) is 0 Å². The van der Waals surface area contributed by atoms with Gasteiger partial charge in [0, 0.05) is 18.9 Å². The summed E-state index contributed by atoms with van der Waals surface area (Å²) in [6.07, 6.45) is 1.57. The molecule has 0 spiro atoms. The number of hydrogen-bond donors (Lipinski definition) is 1. The standard InChI is InChI=1S/C9H15NO/c1-7(2)5-9(11)8-3-4-10-6-8/h8,10H,1,3-6H2,2H3. The Kier molecular flexibility index (Phi) is 2.83. The highest BCUT2D eigenvalue weighted by Crippen LogP contribution is 2.12. The maximum atomic E-state index is 11.4. The van der Waals surface area contributed by atoms with Crippen LogP contribution in [0.4, 0.5) is 0 Å². The van der Waals surface area contributed by atoms with Crippen molar-refractivity contribution in [3.8, 4) is 0 Å². The Labute approximate surface area is 67.7 Å². The van der Waals surface area contributed by atoms with Crippen molar-refractivity contribution >= 4 is 5.78 Å². The average molecular weight is 153 g/mol. The van der Waals surface area contributed by atoms with Gasteiger partial charge in [0.2, 0.25) is 0 Å². The normalized spacial score (nSPS) is 23.5. The summed E-state index contributed by atoms with van der Waals surface area (Å²) >= 11 is 0. The van der Waals surface area contributed by atoms with Gasteiger partial charge in [0.25, 0.3) is 0 Å². The van der Waals surface area contributed by atoms with Crippen LogP contribution >= 0.6 is 0 Å². The molecule has 0 aromatic rings. The van der Waals surface area contributed by atoms with Crippen LogP contribution in [0.1, 0.15) is 19.8 Å². The third-order valence-electron chi connectivity index (χ3n) is 1.99. The lowest BCUT2D eigenvalue weighted by atomic mass is 9.98. The largest absolute Gasteiger partial charge is 0.316 e. The van der Waals surface area contributed by atoms with E-state index in [1.165, 1.54) is 0 Å². The van der Waals surface area contributed by atoms with Gasteiger partial charge >= 0.3 is 0 Å². The highest BCUT2D eigenvalue weighted by Gasteiger charge is 2.21. The van der Waals surface area contributed by atoms with Gasteiger partial charge in [-0.25, -0.2) is 0 Å². The number of rotatable bonds is 3. The van der Waals surface area contributed by atoms with Crippen LogP contribution in [-0.2, 0) is 4.79 Å². The highest BCUT2D eigenvalue weighted by atomic mass is 16.1. The van der Waals surface area contributed by atoms with Gasteiger partial charge in [-0.05, 0) is 19.9 Å². The van der Waals surface area contributed by atoms with Crippen molar-refractivity contribution in [1.82, 2.24) is 5.32 Å². The molecule has 1 aliphatic rings. The van der Waals surface area contributed by atoms with Gasteiger partial charge in [-0.1, -0.05) is 12.2 Å². The van der Waals surface area contributed by atoms with Gasteiger partial charge in [-0.3, -0.25) is 4.79 Å². The van der Waals surface area contributed by atoms with Crippen molar-refractivity contribution in [1.29, 1.82) is 0 Å². The Morgan fingerprint density at radius 1 is 1.73 bits per heavy atom. The monoisotopic (exact) mass is 153 g/mol. The maximum absolute atomic E-state index is 11.4. The van der Waals surface area contributed by atoms with Gasteiger partial charge in [-0.15, -0.1) is 0 Å². The van der Waals surface area contributed by atoms with Crippen molar-refractivity contribution in [2.45, 2.75) is 19.8 Å². The second-order valence-corrected chi connectivity index (χ2v) is 3.29. The molecule has 1 heterocycles. The molecule has 0 aliphatic carbocycles. The molecule has 0 radical (unpaired) electrons. The quantitative estimate of drug-likeness (QED) is 0.616. The second kappa shape index (κ2) is 3.67. The van der Waals surface area contributed by atoms with E-state index >= 15 is 0 Å². The summed E-state index contributed by atoms with van der Waals surface area (Å²) in [4.78, 5) is 11.4. The van der Waals surface area contributed by atoms with Crippen molar-refractivity contribution in [3.05, 3.63) is 12.2 Å². The molecule has 0 aromatic heterocycles. The Hall–Kier alpha value is -0.630. The van der Waals surface area contributed by atoms with Gasteiger partial charge in [0.05, 0.1) is 0 Å². The lowest BCUT2D eigenvalue weighted by Crippen LogP contribution is -2.17. The zero-order chi connectivity index (χ0) is 8.27. The number of carbonyl (C=O) groups is 1. The first-order valence-electron chi connectivity index (χ1n) is 4.08. The van der Waals surface area contributed by atoms with Crippen LogP contribution < -0.4 is 5.32 Å². The number of hydrogen-bond acceptors (Lipinski definition) is 2.